The lowest BCUT2D eigenvalue weighted by molar-refractivity contribution is -0.128. The third-order valence-corrected chi connectivity index (χ3v) is 2.89. The number of benzene rings is 1. The van der Waals surface area contributed by atoms with Crippen molar-refractivity contribution in [1.29, 1.82) is 0 Å². The second-order valence-electron chi connectivity index (χ2n) is 3.85. The number of hydrogen-bond donors (Lipinski definition) is 1. The molecule has 0 unspecified atom stereocenters. The molecule has 0 bridgehead atoms. The number of anilines is 1. The standard InChI is InChI=1S/C13H14Cl2N2O2/c1-3-9(2)8-17(16-7-13(18)19)12-5-4-10(14)6-11(12)15/h4-8H,3H2,1-2H3,(H,18,19)/b9-8-,16-7+. The van der Waals surface area contributed by atoms with Crippen LogP contribution in [0.4, 0.5) is 5.69 Å². The zero-order chi connectivity index (χ0) is 14.4. The molecule has 0 saturated carbocycles. The van der Waals surface area contributed by atoms with Crippen molar-refractivity contribution < 1.29 is 9.90 Å². The molecule has 4 nitrogen and oxygen atoms in total. The summed E-state index contributed by atoms with van der Waals surface area (Å²) in [4.78, 5) is 10.6. The number of hydrogen-bond acceptors (Lipinski definition) is 3. The maximum absolute atomic E-state index is 10.6. The minimum absolute atomic E-state index is 0.398. The Hall–Kier alpha value is -1.52. The van der Waals surface area contributed by atoms with Crippen LogP contribution >= 0.6 is 23.2 Å². The normalized spacial score (nSPS) is 11.9. The van der Waals surface area contributed by atoms with Crippen molar-refractivity contribution in [3.05, 3.63) is 40.0 Å². The number of nitrogens with zero attached hydrogens (tertiary/aromatic N) is 2. The molecule has 1 aromatic rings. The fourth-order valence-electron chi connectivity index (χ4n) is 1.24. The highest BCUT2D eigenvalue weighted by molar-refractivity contribution is 6.36. The lowest BCUT2D eigenvalue weighted by Crippen LogP contribution is -2.11. The Balaban J connectivity index is 3.18. The summed E-state index contributed by atoms with van der Waals surface area (Å²) in [6.45, 7) is 3.92. The van der Waals surface area contributed by atoms with Gasteiger partial charge in [-0.2, -0.15) is 5.10 Å². The van der Waals surface area contributed by atoms with Gasteiger partial charge in [-0.1, -0.05) is 35.7 Å². The van der Waals surface area contributed by atoms with Crippen molar-refractivity contribution in [2.75, 3.05) is 5.01 Å². The number of allylic oxidation sites excluding steroid dienone is 1. The number of carbonyl (C=O) groups is 1. The van der Waals surface area contributed by atoms with E-state index in [1.165, 1.54) is 5.01 Å². The van der Waals surface area contributed by atoms with E-state index in [1.54, 1.807) is 24.4 Å². The maximum atomic E-state index is 10.6. The van der Waals surface area contributed by atoms with Crippen LogP contribution in [-0.4, -0.2) is 17.3 Å². The Morgan fingerprint density at radius 2 is 2.16 bits per heavy atom. The summed E-state index contributed by atoms with van der Waals surface area (Å²) in [6.07, 6.45) is 3.36. The van der Waals surface area contributed by atoms with Crippen molar-refractivity contribution in [2.24, 2.45) is 5.10 Å². The maximum Gasteiger partial charge on any atom is 0.348 e. The van der Waals surface area contributed by atoms with Crippen molar-refractivity contribution in [3.63, 3.8) is 0 Å². The molecule has 0 radical (unpaired) electrons. The zero-order valence-electron chi connectivity index (χ0n) is 10.6. The van der Waals surface area contributed by atoms with E-state index in [0.29, 0.717) is 15.7 Å². The Labute approximate surface area is 121 Å². The minimum Gasteiger partial charge on any atom is -0.477 e. The first-order valence-corrected chi connectivity index (χ1v) is 6.38. The molecule has 0 aliphatic rings. The van der Waals surface area contributed by atoms with Gasteiger partial charge in [0.05, 0.1) is 10.7 Å². The summed E-state index contributed by atoms with van der Waals surface area (Å²) in [5, 5.41) is 14.9. The van der Waals surface area contributed by atoms with E-state index in [1.807, 2.05) is 13.8 Å². The quantitative estimate of drug-likeness (QED) is 0.655. The largest absolute Gasteiger partial charge is 0.477 e. The van der Waals surface area contributed by atoms with Crippen LogP contribution in [0.1, 0.15) is 20.3 Å². The number of rotatable bonds is 5. The average molecular weight is 301 g/mol. The molecule has 19 heavy (non-hydrogen) atoms. The number of halogens is 2. The van der Waals surface area contributed by atoms with Crippen LogP contribution in [0.15, 0.2) is 35.1 Å². The van der Waals surface area contributed by atoms with Crippen molar-refractivity contribution in [3.8, 4) is 0 Å². The van der Waals surface area contributed by atoms with Crippen LogP contribution in [0.5, 0.6) is 0 Å². The molecule has 6 heteroatoms. The van der Waals surface area contributed by atoms with Crippen LogP contribution in [0.2, 0.25) is 10.0 Å². The topological polar surface area (TPSA) is 52.9 Å². The fourth-order valence-corrected chi connectivity index (χ4v) is 1.74. The molecule has 102 valence electrons. The first kappa shape index (κ1) is 15.5. The predicted molar refractivity (Wildman–Crippen MR) is 79.1 cm³/mol. The average Bonchev–Trinajstić information content (AvgIpc) is 2.34. The van der Waals surface area contributed by atoms with Gasteiger partial charge in [-0.05, 0) is 31.5 Å². The molecule has 0 amide bonds. The second kappa shape index (κ2) is 7.16. The SMILES string of the molecule is CC/C(C)=C\N(/N=C/C(=O)O)c1ccc(Cl)cc1Cl. The molecule has 0 atom stereocenters. The Bertz CT molecular complexity index is 527. The monoisotopic (exact) mass is 300 g/mol. The third kappa shape index (κ3) is 4.93. The number of aliphatic carboxylic acids is 1. The molecular formula is C13H14Cl2N2O2. The molecule has 1 aromatic carbocycles. The van der Waals surface area contributed by atoms with Crippen LogP contribution in [0, 0.1) is 0 Å². The summed E-state index contributed by atoms with van der Waals surface area (Å²) in [5.74, 6) is -1.13. The van der Waals surface area contributed by atoms with E-state index in [2.05, 4.69) is 5.10 Å². The highest BCUT2D eigenvalue weighted by Gasteiger charge is 2.08. The van der Waals surface area contributed by atoms with Crippen LogP contribution in [0.25, 0.3) is 0 Å². The Morgan fingerprint density at radius 3 is 2.68 bits per heavy atom. The summed E-state index contributed by atoms with van der Waals surface area (Å²) in [7, 11) is 0. The molecule has 0 fully saturated rings. The van der Waals surface area contributed by atoms with E-state index in [0.717, 1.165) is 18.2 Å². The molecule has 1 rings (SSSR count). The summed E-state index contributed by atoms with van der Waals surface area (Å²) in [5.41, 5.74) is 1.60. The van der Waals surface area contributed by atoms with Crippen molar-refractivity contribution in [1.82, 2.24) is 0 Å². The van der Waals surface area contributed by atoms with Gasteiger partial charge in [0.2, 0.25) is 0 Å². The smallest absolute Gasteiger partial charge is 0.348 e. The molecule has 0 spiro atoms. The van der Waals surface area contributed by atoms with Crippen LogP contribution in [0.3, 0.4) is 0 Å². The number of hydrazone groups is 1. The second-order valence-corrected chi connectivity index (χ2v) is 4.70. The molecule has 0 aliphatic heterocycles. The number of carboxylic acids is 1. The van der Waals surface area contributed by atoms with E-state index in [-0.39, 0.29) is 0 Å². The highest BCUT2D eigenvalue weighted by atomic mass is 35.5. The molecule has 0 aromatic heterocycles. The van der Waals surface area contributed by atoms with Gasteiger partial charge in [0, 0.05) is 11.2 Å². The fraction of sp³-hybridized carbons (Fsp3) is 0.231. The molecular weight excluding hydrogens is 287 g/mol. The van der Waals surface area contributed by atoms with Crippen LogP contribution in [-0.2, 0) is 4.79 Å². The molecule has 0 aliphatic carbocycles. The third-order valence-electron chi connectivity index (χ3n) is 2.35. The van der Waals surface area contributed by atoms with E-state index in [9.17, 15) is 4.79 Å². The Kier molecular flexibility index (Phi) is 5.86. The van der Waals surface area contributed by atoms with Gasteiger partial charge in [-0.25, -0.2) is 9.80 Å². The van der Waals surface area contributed by atoms with Crippen molar-refractivity contribution in [2.45, 2.75) is 20.3 Å². The first-order chi connectivity index (χ1) is 8.93. The van der Waals surface area contributed by atoms with Gasteiger partial charge in [-0.15, -0.1) is 0 Å². The van der Waals surface area contributed by atoms with E-state index >= 15 is 0 Å². The van der Waals surface area contributed by atoms with Gasteiger partial charge in [0.1, 0.15) is 6.21 Å². The Morgan fingerprint density at radius 1 is 1.47 bits per heavy atom. The van der Waals surface area contributed by atoms with Crippen LogP contribution < -0.4 is 5.01 Å². The first-order valence-electron chi connectivity index (χ1n) is 5.62. The summed E-state index contributed by atoms with van der Waals surface area (Å²) in [6, 6.07) is 4.93. The van der Waals surface area contributed by atoms with E-state index in [4.69, 9.17) is 28.3 Å². The van der Waals surface area contributed by atoms with Gasteiger partial charge in [-0.3, -0.25) is 0 Å². The molecule has 0 saturated heterocycles. The van der Waals surface area contributed by atoms with Crippen molar-refractivity contribution >= 4 is 41.1 Å². The minimum atomic E-state index is -1.13. The summed E-state index contributed by atoms with van der Waals surface area (Å²) < 4.78 is 0. The van der Waals surface area contributed by atoms with Gasteiger partial charge >= 0.3 is 5.97 Å². The zero-order valence-corrected chi connectivity index (χ0v) is 12.1. The molecule has 1 N–H and O–H groups in total. The highest BCUT2D eigenvalue weighted by Crippen LogP contribution is 2.29. The van der Waals surface area contributed by atoms with Gasteiger partial charge in [0.15, 0.2) is 0 Å². The summed E-state index contributed by atoms with van der Waals surface area (Å²) >= 11 is 11.9. The van der Waals surface area contributed by atoms with Gasteiger partial charge < -0.3 is 5.11 Å². The lowest BCUT2D eigenvalue weighted by atomic mass is 10.2. The lowest BCUT2D eigenvalue weighted by Gasteiger charge is -2.17. The van der Waals surface area contributed by atoms with E-state index < -0.39 is 5.97 Å². The predicted octanol–water partition coefficient (Wildman–Crippen LogP) is 4.18. The molecule has 0 heterocycles. The van der Waals surface area contributed by atoms with Gasteiger partial charge in [0.25, 0.3) is 0 Å². The number of carboxylic acid groups (broad SMARTS) is 1.